The molecular weight excluding hydrogens is 377 g/mol. The van der Waals surface area contributed by atoms with Gasteiger partial charge in [-0.25, -0.2) is 9.97 Å². The van der Waals surface area contributed by atoms with E-state index in [4.69, 9.17) is 21.6 Å². The van der Waals surface area contributed by atoms with Crippen LogP contribution in [0.1, 0.15) is 11.1 Å². The van der Waals surface area contributed by atoms with Gasteiger partial charge >= 0.3 is 0 Å². The molecule has 4 rings (SSSR count). The molecule has 0 radical (unpaired) electrons. The van der Waals surface area contributed by atoms with Gasteiger partial charge in [-0.2, -0.15) is 0 Å². The molecule has 3 aromatic carbocycles. The van der Waals surface area contributed by atoms with Crippen LogP contribution in [0.15, 0.2) is 66.7 Å². The number of anilines is 2. The molecule has 0 unspecified atom stereocenters. The summed E-state index contributed by atoms with van der Waals surface area (Å²) in [4.78, 5) is 9.52. The Morgan fingerprint density at radius 1 is 0.815 bits per heavy atom. The van der Waals surface area contributed by atoms with Gasteiger partial charge in [0.15, 0.2) is 5.82 Å². The fourth-order valence-corrected chi connectivity index (χ4v) is 3.04. The number of halogens is 2. The van der Waals surface area contributed by atoms with Gasteiger partial charge in [-0.15, -0.1) is 12.4 Å². The van der Waals surface area contributed by atoms with Gasteiger partial charge in [0.25, 0.3) is 0 Å². The first-order chi connectivity index (χ1) is 12.6. The predicted molar refractivity (Wildman–Crippen MR) is 116 cm³/mol. The highest BCUT2D eigenvalue weighted by atomic mass is 35.5. The van der Waals surface area contributed by atoms with Gasteiger partial charge in [-0.05, 0) is 67.4 Å². The Hall–Kier alpha value is -2.62. The minimum Gasteiger partial charge on any atom is -0.339 e. The molecule has 136 valence electrons. The number of hydrogen-bond acceptors (Lipinski definition) is 3. The third kappa shape index (κ3) is 3.90. The van der Waals surface area contributed by atoms with Crippen LogP contribution in [0.3, 0.4) is 0 Å². The van der Waals surface area contributed by atoms with Gasteiger partial charge in [0.05, 0.1) is 5.52 Å². The van der Waals surface area contributed by atoms with Gasteiger partial charge in [0.2, 0.25) is 0 Å². The van der Waals surface area contributed by atoms with E-state index in [0.29, 0.717) is 10.8 Å². The molecule has 27 heavy (non-hydrogen) atoms. The van der Waals surface area contributed by atoms with Gasteiger partial charge in [-0.3, -0.25) is 0 Å². The molecule has 3 nitrogen and oxygen atoms in total. The Morgan fingerprint density at radius 2 is 1.56 bits per heavy atom. The summed E-state index contributed by atoms with van der Waals surface area (Å²) in [5.41, 5.74) is 5.34. The first kappa shape index (κ1) is 19.2. The Labute approximate surface area is 169 Å². The van der Waals surface area contributed by atoms with E-state index >= 15 is 0 Å². The van der Waals surface area contributed by atoms with Crippen LogP contribution in [0.4, 0.5) is 11.5 Å². The Kier molecular flexibility index (Phi) is 5.64. The zero-order valence-corrected chi connectivity index (χ0v) is 16.6. The number of benzene rings is 3. The topological polar surface area (TPSA) is 37.8 Å². The van der Waals surface area contributed by atoms with Crippen LogP contribution in [0.5, 0.6) is 0 Å². The molecule has 5 heteroatoms. The maximum absolute atomic E-state index is 6.01. The maximum Gasteiger partial charge on any atom is 0.162 e. The number of fused-ring (bicyclic) bond motifs is 1. The van der Waals surface area contributed by atoms with Gasteiger partial charge in [-0.1, -0.05) is 35.9 Å². The van der Waals surface area contributed by atoms with Crippen LogP contribution in [0.25, 0.3) is 22.3 Å². The first-order valence-electron chi connectivity index (χ1n) is 8.48. The van der Waals surface area contributed by atoms with Crippen molar-refractivity contribution in [2.75, 3.05) is 5.32 Å². The lowest BCUT2D eigenvalue weighted by Gasteiger charge is -2.14. The smallest absolute Gasteiger partial charge is 0.162 e. The van der Waals surface area contributed by atoms with Gasteiger partial charge in [0, 0.05) is 21.7 Å². The van der Waals surface area contributed by atoms with Crippen molar-refractivity contribution in [1.29, 1.82) is 0 Å². The molecule has 1 aromatic heterocycles. The lowest BCUT2D eigenvalue weighted by atomic mass is 10.1. The summed E-state index contributed by atoms with van der Waals surface area (Å²) in [5.74, 6) is 1.47. The molecule has 1 N–H and O–H groups in total. The Morgan fingerprint density at radius 3 is 2.33 bits per heavy atom. The largest absolute Gasteiger partial charge is 0.339 e. The van der Waals surface area contributed by atoms with Crippen LogP contribution >= 0.6 is 24.0 Å². The third-order valence-corrected chi connectivity index (χ3v) is 4.82. The van der Waals surface area contributed by atoms with Crippen molar-refractivity contribution < 1.29 is 0 Å². The molecule has 0 saturated heterocycles. The monoisotopic (exact) mass is 395 g/mol. The summed E-state index contributed by atoms with van der Waals surface area (Å²) < 4.78 is 0. The second-order valence-corrected chi connectivity index (χ2v) is 6.73. The molecule has 0 fully saturated rings. The summed E-state index contributed by atoms with van der Waals surface area (Å²) >= 11 is 6.01. The van der Waals surface area contributed by atoms with Crippen LogP contribution in [0.2, 0.25) is 5.02 Å². The summed E-state index contributed by atoms with van der Waals surface area (Å²) in [5, 5.41) is 5.19. The summed E-state index contributed by atoms with van der Waals surface area (Å²) in [6.07, 6.45) is 0. The highest BCUT2D eigenvalue weighted by Crippen LogP contribution is 2.29. The lowest BCUT2D eigenvalue weighted by Crippen LogP contribution is -2.01. The number of para-hydroxylation sites is 1. The van der Waals surface area contributed by atoms with Crippen molar-refractivity contribution in [1.82, 2.24) is 9.97 Å². The van der Waals surface area contributed by atoms with E-state index in [1.54, 1.807) is 0 Å². The molecule has 0 spiro atoms. The Bertz CT molecular complexity index is 1090. The molecule has 0 atom stereocenters. The highest BCUT2D eigenvalue weighted by Gasteiger charge is 2.11. The van der Waals surface area contributed by atoms with Crippen molar-refractivity contribution in [3.05, 3.63) is 82.9 Å². The minimum atomic E-state index is 0. The van der Waals surface area contributed by atoms with E-state index in [1.165, 1.54) is 11.1 Å². The normalized spacial score (nSPS) is 10.5. The SMILES string of the molecule is Cc1cccc(Nc2nc(-c3ccc(Cl)cc3)nc3ccccc23)c1C.Cl. The van der Waals surface area contributed by atoms with Crippen molar-refractivity contribution in [2.24, 2.45) is 0 Å². The number of aromatic nitrogens is 2. The quantitative estimate of drug-likeness (QED) is 0.417. The standard InChI is InChI=1S/C22H18ClN3.ClH/c1-14-6-5-9-19(15(14)2)24-22-18-7-3-4-8-20(18)25-21(26-22)16-10-12-17(23)13-11-16;/h3-13H,1-2H3,(H,24,25,26);1H. The van der Waals surface area contributed by atoms with E-state index in [-0.39, 0.29) is 12.4 Å². The van der Waals surface area contributed by atoms with E-state index in [0.717, 1.165) is 28.0 Å². The molecule has 0 amide bonds. The number of nitrogens with one attached hydrogen (secondary N) is 1. The van der Waals surface area contributed by atoms with Crippen molar-refractivity contribution in [3.63, 3.8) is 0 Å². The predicted octanol–water partition coefficient (Wildman–Crippen LogP) is 6.73. The molecule has 0 aliphatic rings. The summed E-state index contributed by atoms with van der Waals surface area (Å²) in [6.45, 7) is 4.22. The molecular formula is C22H19Cl2N3. The Balaban J connectivity index is 0.00000210. The van der Waals surface area contributed by atoms with Crippen LogP contribution in [-0.2, 0) is 0 Å². The molecule has 0 aliphatic carbocycles. The maximum atomic E-state index is 6.01. The zero-order chi connectivity index (χ0) is 18.1. The number of aryl methyl sites for hydroxylation is 1. The average Bonchev–Trinajstić information content (AvgIpc) is 2.66. The van der Waals surface area contributed by atoms with E-state index in [9.17, 15) is 0 Å². The highest BCUT2D eigenvalue weighted by molar-refractivity contribution is 6.30. The van der Waals surface area contributed by atoms with E-state index < -0.39 is 0 Å². The van der Waals surface area contributed by atoms with E-state index in [1.807, 2.05) is 54.6 Å². The fourth-order valence-electron chi connectivity index (χ4n) is 2.91. The summed E-state index contributed by atoms with van der Waals surface area (Å²) in [6, 6.07) is 21.8. The van der Waals surface area contributed by atoms with Gasteiger partial charge in [0.1, 0.15) is 5.82 Å². The van der Waals surface area contributed by atoms with E-state index in [2.05, 4.69) is 31.3 Å². The molecule has 0 aliphatic heterocycles. The molecule has 1 heterocycles. The molecule has 0 saturated carbocycles. The zero-order valence-electron chi connectivity index (χ0n) is 15.0. The number of rotatable bonds is 3. The average molecular weight is 396 g/mol. The lowest BCUT2D eigenvalue weighted by molar-refractivity contribution is 1.22. The minimum absolute atomic E-state index is 0. The van der Waals surface area contributed by atoms with Crippen molar-refractivity contribution >= 4 is 46.4 Å². The van der Waals surface area contributed by atoms with Crippen LogP contribution < -0.4 is 5.32 Å². The third-order valence-electron chi connectivity index (χ3n) is 4.56. The number of hydrogen-bond donors (Lipinski definition) is 1. The number of nitrogens with zero attached hydrogens (tertiary/aromatic N) is 2. The van der Waals surface area contributed by atoms with Crippen molar-refractivity contribution in [3.8, 4) is 11.4 Å². The summed E-state index contributed by atoms with van der Waals surface area (Å²) in [7, 11) is 0. The van der Waals surface area contributed by atoms with Crippen LogP contribution in [0, 0.1) is 13.8 Å². The second kappa shape index (κ2) is 7.95. The molecule has 0 bridgehead atoms. The van der Waals surface area contributed by atoms with Crippen LogP contribution in [-0.4, -0.2) is 9.97 Å². The molecule has 4 aromatic rings. The second-order valence-electron chi connectivity index (χ2n) is 6.29. The first-order valence-corrected chi connectivity index (χ1v) is 8.85. The van der Waals surface area contributed by atoms with Gasteiger partial charge < -0.3 is 5.32 Å². The fraction of sp³-hybridized carbons (Fsp3) is 0.0909. The van der Waals surface area contributed by atoms with Crippen molar-refractivity contribution in [2.45, 2.75) is 13.8 Å².